The van der Waals surface area contributed by atoms with E-state index in [-0.39, 0.29) is 15.9 Å². The van der Waals surface area contributed by atoms with Crippen molar-refractivity contribution >= 4 is 37.2 Å². The second-order valence-electron chi connectivity index (χ2n) is 12.8. The molecule has 38 heavy (non-hydrogen) atoms. The summed E-state index contributed by atoms with van der Waals surface area (Å²) in [5.74, 6) is 0.440. The van der Waals surface area contributed by atoms with E-state index in [9.17, 15) is 9.59 Å². The topological polar surface area (TPSA) is 91.8 Å². The number of ether oxygens (including phenoxy) is 1. The number of nitrogens with one attached hydrogen (secondary N) is 1. The Bertz CT molecular complexity index is 1240. The van der Waals surface area contributed by atoms with E-state index in [1.165, 1.54) is 10.1 Å². The van der Waals surface area contributed by atoms with Crippen molar-refractivity contribution in [3.8, 4) is 0 Å². The predicted octanol–water partition coefficient (Wildman–Crippen LogP) is 6.03. The largest absolute Gasteiger partial charge is 0.414 e. The molecule has 3 fully saturated rings. The van der Waals surface area contributed by atoms with Gasteiger partial charge < -0.3 is 18.2 Å². The molecule has 8 nitrogen and oxygen atoms in total. The van der Waals surface area contributed by atoms with E-state index in [4.69, 9.17) is 30.0 Å². The molecule has 214 valence electrons. The lowest BCUT2D eigenvalue weighted by Crippen LogP contribution is -2.44. The van der Waals surface area contributed by atoms with Crippen molar-refractivity contribution in [2.24, 2.45) is 5.92 Å². The number of allylic oxidation sites excluding steroid dienone is 1. The normalized spacial score (nSPS) is 35.8. The van der Waals surface area contributed by atoms with Crippen LogP contribution in [0.15, 0.2) is 27.9 Å². The highest BCUT2D eigenvalue weighted by atomic mass is 32.9. The second kappa shape index (κ2) is 10.7. The van der Waals surface area contributed by atoms with Crippen LogP contribution in [0.1, 0.15) is 72.1 Å². The number of aromatic amines is 1. The fraction of sp³-hybridized carbons (Fsp3) is 0.769. The molecular formula is C26H43N2O6PS2Si. The molecule has 7 atom stereocenters. The zero-order valence-electron chi connectivity index (χ0n) is 23.9. The first-order valence-electron chi connectivity index (χ1n) is 13.4. The van der Waals surface area contributed by atoms with Crippen LogP contribution in [-0.2, 0) is 30.0 Å². The number of aryl methyl sites for hydroxylation is 1. The van der Waals surface area contributed by atoms with Gasteiger partial charge in [0, 0.05) is 22.9 Å². The standard InChI is InChI=1S/C26H43N2O6PS2Si/c1-16(2)18-10-11-26(7)21(12-18)34-35(36,37-26)33-19-13-22(28-14-17(3)23(29)27-24(28)30)32-20(19)15-31-38(8,9)25(4,5)6/h14,18-22H,1,10-13,15H2,2-9H3,(H,27,29,30)/t18-,19-,20+,21+,22+,26+,35+/m0/s1. The van der Waals surface area contributed by atoms with Crippen LogP contribution in [0.25, 0.3) is 0 Å². The lowest BCUT2D eigenvalue weighted by molar-refractivity contribution is -0.0400. The minimum atomic E-state index is -2.68. The Morgan fingerprint density at radius 3 is 2.68 bits per heavy atom. The average molecular weight is 603 g/mol. The maximum absolute atomic E-state index is 12.7. The van der Waals surface area contributed by atoms with Gasteiger partial charge in [-0.15, -0.1) is 0 Å². The highest BCUT2D eigenvalue weighted by molar-refractivity contribution is 8.68. The first-order chi connectivity index (χ1) is 17.4. The van der Waals surface area contributed by atoms with E-state index in [0.29, 0.717) is 24.5 Å². The Morgan fingerprint density at radius 2 is 2.05 bits per heavy atom. The summed E-state index contributed by atoms with van der Waals surface area (Å²) in [6.07, 6.45) is 3.57. The smallest absolute Gasteiger partial charge is 0.330 e. The molecule has 0 unspecified atom stereocenters. The van der Waals surface area contributed by atoms with Crippen LogP contribution in [0, 0.1) is 12.8 Å². The first kappa shape index (κ1) is 30.4. The number of H-pyrrole nitrogens is 1. The van der Waals surface area contributed by atoms with E-state index >= 15 is 0 Å². The van der Waals surface area contributed by atoms with Gasteiger partial charge in [0.25, 0.3) is 5.56 Å². The van der Waals surface area contributed by atoms with Gasteiger partial charge in [0.05, 0.1) is 18.8 Å². The summed E-state index contributed by atoms with van der Waals surface area (Å²) in [5.41, 5.74) is -1.95. The van der Waals surface area contributed by atoms with Crippen molar-refractivity contribution in [1.29, 1.82) is 0 Å². The summed E-state index contributed by atoms with van der Waals surface area (Å²) in [6.45, 7) is 21.5. The molecule has 1 saturated carbocycles. The number of rotatable bonds is 7. The van der Waals surface area contributed by atoms with Crippen LogP contribution in [0.4, 0.5) is 0 Å². The molecule has 3 heterocycles. The van der Waals surface area contributed by atoms with Crippen LogP contribution < -0.4 is 11.2 Å². The van der Waals surface area contributed by atoms with Gasteiger partial charge in [0.15, 0.2) is 8.32 Å². The van der Waals surface area contributed by atoms with Crippen LogP contribution in [0.3, 0.4) is 0 Å². The molecule has 0 aromatic carbocycles. The lowest BCUT2D eigenvalue weighted by Gasteiger charge is -2.37. The molecule has 1 N–H and O–H groups in total. The molecule has 12 heteroatoms. The van der Waals surface area contributed by atoms with E-state index in [2.05, 4.69) is 59.3 Å². The maximum atomic E-state index is 12.7. The monoisotopic (exact) mass is 602 g/mol. The lowest BCUT2D eigenvalue weighted by atomic mass is 9.77. The molecule has 0 spiro atoms. The van der Waals surface area contributed by atoms with Crippen molar-refractivity contribution < 1.29 is 18.2 Å². The summed E-state index contributed by atoms with van der Waals surface area (Å²) in [4.78, 5) is 27.0. The highest BCUT2D eigenvalue weighted by Gasteiger charge is 2.55. The molecule has 0 amide bonds. The SMILES string of the molecule is C=C(C)[C@H]1CC[C@@]2(C)S[P@](=S)(O[C@H]3C[C@H](n4cc(C)c(=O)[nH]c4=O)O[C@@H]3CO[Si](C)(C)C(C)(C)C)O[C@@H]2C1. The molecule has 4 rings (SSSR count). The van der Waals surface area contributed by atoms with Crippen LogP contribution in [0.5, 0.6) is 0 Å². The number of hydrogen-bond donors (Lipinski definition) is 1. The number of fused-ring (bicyclic) bond motifs is 1. The Labute approximate surface area is 236 Å². The number of hydrogen-bond acceptors (Lipinski definition) is 8. The molecule has 2 saturated heterocycles. The zero-order chi connectivity index (χ0) is 28.3. The van der Waals surface area contributed by atoms with Gasteiger partial charge in [-0.3, -0.25) is 14.3 Å². The Hall–Kier alpha value is -0.523. The van der Waals surface area contributed by atoms with Gasteiger partial charge in [-0.1, -0.05) is 44.3 Å². The number of aromatic nitrogens is 2. The fourth-order valence-electron chi connectivity index (χ4n) is 5.04. The van der Waals surface area contributed by atoms with Crippen molar-refractivity contribution in [3.05, 3.63) is 44.8 Å². The molecule has 2 aliphatic heterocycles. The minimum Gasteiger partial charge on any atom is -0.414 e. The van der Waals surface area contributed by atoms with Gasteiger partial charge in [0.1, 0.15) is 12.3 Å². The summed E-state index contributed by atoms with van der Waals surface area (Å²) >= 11 is 7.77. The van der Waals surface area contributed by atoms with Gasteiger partial charge in [-0.2, -0.15) is 0 Å². The Balaban J connectivity index is 1.57. The van der Waals surface area contributed by atoms with E-state index in [1.807, 2.05) is 0 Å². The van der Waals surface area contributed by atoms with Gasteiger partial charge in [-0.05, 0) is 75.9 Å². The summed E-state index contributed by atoms with van der Waals surface area (Å²) < 4.78 is 27.5. The molecule has 1 aromatic heterocycles. The maximum Gasteiger partial charge on any atom is 0.330 e. The molecule has 0 bridgehead atoms. The Kier molecular flexibility index (Phi) is 8.58. The third-order valence-electron chi connectivity index (χ3n) is 8.76. The van der Waals surface area contributed by atoms with E-state index < -0.39 is 43.7 Å². The molecule has 0 radical (unpaired) electrons. The summed E-state index contributed by atoms with van der Waals surface area (Å²) in [7, 11) is -2.06. The van der Waals surface area contributed by atoms with Crippen molar-refractivity contribution in [2.45, 2.75) is 115 Å². The van der Waals surface area contributed by atoms with Crippen LogP contribution in [-0.4, -0.2) is 47.5 Å². The predicted molar refractivity (Wildman–Crippen MR) is 160 cm³/mol. The molecular weight excluding hydrogens is 559 g/mol. The zero-order valence-corrected chi connectivity index (χ0v) is 27.4. The van der Waals surface area contributed by atoms with Crippen LogP contribution in [0.2, 0.25) is 18.1 Å². The fourth-order valence-corrected chi connectivity index (χ4v) is 13.7. The van der Waals surface area contributed by atoms with Crippen molar-refractivity contribution in [1.82, 2.24) is 9.55 Å². The summed E-state index contributed by atoms with van der Waals surface area (Å²) in [5, 5.41) is 0.0368. The van der Waals surface area contributed by atoms with Gasteiger partial charge in [0.2, 0.25) is 5.69 Å². The van der Waals surface area contributed by atoms with Crippen LogP contribution >= 0.6 is 17.1 Å². The van der Waals surface area contributed by atoms with Gasteiger partial charge in [-0.25, -0.2) is 4.79 Å². The third-order valence-corrected chi connectivity index (χ3v) is 19.0. The quantitative estimate of drug-likeness (QED) is 0.230. The second-order valence-corrected chi connectivity index (χ2v) is 24.2. The highest BCUT2D eigenvalue weighted by Crippen LogP contribution is 2.76. The van der Waals surface area contributed by atoms with Crippen molar-refractivity contribution in [3.63, 3.8) is 0 Å². The van der Waals surface area contributed by atoms with Crippen molar-refractivity contribution in [2.75, 3.05) is 6.61 Å². The average Bonchev–Trinajstić information content (AvgIpc) is 3.29. The minimum absolute atomic E-state index is 0.0262. The van der Waals surface area contributed by atoms with E-state index in [0.717, 1.165) is 19.3 Å². The van der Waals surface area contributed by atoms with Gasteiger partial charge >= 0.3 is 5.69 Å². The summed E-state index contributed by atoms with van der Waals surface area (Å²) in [6, 6.07) is 0. The molecule has 1 aliphatic carbocycles. The molecule has 1 aromatic rings. The number of nitrogens with zero attached hydrogens (tertiary/aromatic N) is 1. The first-order valence-corrected chi connectivity index (χ1v) is 20.3. The third kappa shape index (κ3) is 6.20. The molecule has 3 aliphatic rings. The Morgan fingerprint density at radius 1 is 1.37 bits per heavy atom. The van der Waals surface area contributed by atoms with E-state index in [1.54, 1.807) is 24.5 Å².